The summed E-state index contributed by atoms with van der Waals surface area (Å²) in [6.45, 7) is 0. The van der Waals surface area contributed by atoms with Crippen molar-refractivity contribution in [2.24, 2.45) is 0 Å². The Kier molecular flexibility index (Phi) is 7.79. The molecule has 0 saturated heterocycles. The van der Waals surface area contributed by atoms with Gasteiger partial charge in [0.15, 0.2) is 7.14 Å². The van der Waals surface area contributed by atoms with E-state index in [-0.39, 0.29) is 0 Å². The zero-order valence-corrected chi connectivity index (χ0v) is 24.3. The summed E-state index contributed by atoms with van der Waals surface area (Å²) in [5.41, 5.74) is 0. The molecule has 178 valence electrons. The normalized spacial score (nSPS) is 11.2. The van der Waals surface area contributed by atoms with Gasteiger partial charge in [0.2, 0.25) is 0 Å². The molecule has 0 spiro atoms. The lowest BCUT2D eigenvalue weighted by Gasteiger charge is -2.20. The molecule has 0 unspecified atom stereocenters. The summed E-state index contributed by atoms with van der Waals surface area (Å²) in [5.74, 6) is 2.93. The van der Waals surface area contributed by atoms with Crippen LogP contribution in [-0.2, 0) is 4.57 Å². The topological polar surface area (TPSA) is 35.5 Å². The second kappa shape index (κ2) is 11.2. The average Bonchev–Trinajstić information content (AvgIpc) is 2.90. The van der Waals surface area contributed by atoms with E-state index in [1.54, 1.807) is 0 Å². The fraction of sp³-hybridized carbons (Fsp3) is 0. The van der Waals surface area contributed by atoms with Crippen molar-refractivity contribution in [3.05, 3.63) is 135 Å². The molecule has 6 heteroatoms. The Hall–Kier alpha value is -2.61. The molecule has 0 fully saturated rings. The lowest BCUT2D eigenvalue weighted by atomic mass is 10.3. The second-order valence-corrected chi connectivity index (χ2v) is 13.3. The largest absolute Gasteiger partial charge is 0.457 e. The monoisotopic (exact) mass is 714 g/mol. The maximum Gasteiger partial charge on any atom is 0.171 e. The Balaban J connectivity index is 1.47. The van der Waals surface area contributed by atoms with E-state index in [4.69, 9.17) is 9.47 Å². The third-order valence-corrected chi connectivity index (χ3v) is 10.0. The number of rotatable bonds is 7. The summed E-state index contributed by atoms with van der Waals surface area (Å²) < 4.78 is 29.0. The molecule has 5 rings (SSSR count). The molecule has 0 heterocycles. The number of halogens is 2. The summed E-state index contributed by atoms with van der Waals surface area (Å²) in [6.07, 6.45) is 0. The summed E-state index contributed by atoms with van der Waals surface area (Å²) >= 11 is 4.52. The maximum atomic E-state index is 14.8. The van der Waals surface area contributed by atoms with Gasteiger partial charge in [0.05, 0.1) is 0 Å². The van der Waals surface area contributed by atoms with Crippen LogP contribution in [0.4, 0.5) is 0 Å². The van der Waals surface area contributed by atoms with E-state index >= 15 is 0 Å². The van der Waals surface area contributed by atoms with Gasteiger partial charge in [-0.2, -0.15) is 0 Å². The highest BCUT2D eigenvalue weighted by Crippen LogP contribution is 2.43. The third-order valence-electron chi connectivity index (χ3n) is 5.58. The van der Waals surface area contributed by atoms with Crippen molar-refractivity contribution in [1.29, 1.82) is 0 Å². The van der Waals surface area contributed by atoms with Gasteiger partial charge in [0.25, 0.3) is 0 Å². The zero-order valence-electron chi connectivity index (χ0n) is 19.1. The van der Waals surface area contributed by atoms with E-state index in [0.717, 1.165) is 34.6 Å². The van der Waals surface area contributed by atoms with E-state index in [1.807, 2.05) is 127 Å². The zero-order chi connectivity index (χ0) is 25.0. The summed E-state index contributed by atoms with van der Waals surface area (Å²) in [5, 5.41) is 2.27. The molecule has 0 bridgehead atoms. The summed E-state index contributed by atoms with van der Waals surface area (Å²) in [7, 11) is -3.11. The first-order chi connectivity index (χ1) is 17.5. The first-order valence-electron chi connectivity index (χ1n) is 11.2. The predicted octanol–water partition coefficient (Wildman–Crippen LogP) is 8.12. The highest BCUT2D eigenvalue weighted by Gasteiger charge is 2.29. The molecule has 0 atom stereocenters. The standard InChI is InChI=1S/C30H21I2O3P/c31-22-6-4-8-26(20-22)34-24-12-16-29(17-13-24)36(33,28-10-2-1-3-11-28)30-18-14-25(15-19-30)35-27-9-5-7-23(32)21-27/h1-21H. The van der Waals surface area contributed by atoms with Crippen molar-refractivity contribution in [2.75, 3.05) is 0 Å². The number of hydrogen-bond acceptors (Lipinski definition) is 3. The van der Waals surface area contributed by atoms with Gasteiger partial charge in [-0.3, -0.25) is 0 Å². The smallest absolute Gasteiger partial charge is 0.171 e. The van der Waals surface area contributed by atoms with Gasteiger partial charge in [0, 0.05) is 23.1 Å². The van der Waals surface area contributed by atoms with E-state index < -0.39 is 7.14 Å². The summed E-state index contributed by atoms with van der Waals surface area (Å²) in [4.78, 5) is 0. The fourth-order valence-corrected chi connectivity index (χ4v) is 7.52. The number of benzene rings is 5. The average molecular weight is 714 g/mol. The van der Waals surface area contributed by atoms with Crippen LogP contribution in [0, 0.1) is 7.14 Å². The first kappa shape index (κ1) is 25.1. The molecular formula is C30H21I2O3P. The molecule has 5 aromatic carbocycles. The lowest BCUT2D eigenvalue weighted by molar-refractivity contribution is 0.482. The predicted molar refractivity (Wildman–Crippen MR) is 164 cm³/mol. The van der Waals surface area contributed by atoms with Crippen LogP contribution in [0.5, 0.6) is 23.0 Å². The highest BCUT2D eigenvalue weighted by atomic mass is 127. The van der Waals surface area contributed by atoms with Crippen LogP contribution in [0.15, 0.2) is 127 Å². The van der Waals surface area contributed by atoms with Crippen LogP contribution < -0.4 is 25.4 Å². The molecule has 5 aromatic rings. The molecule has 0 saturated carbocycles. The Labute approximate surface area is 238 Å². The third kappa shape index (κ3) is 5.69. The van der Waals surface area contributed by atoms with E-state index in [9.17, 15) is 4.57 Å². The first-order valence-corrected chi connectivity index (χ1v) is 15.1. The molecule has 0 aliphatic carbocycles. The summed E-state index contributed by atoms with van der Waals surface area (Å²) in [6, 6.07) is 40.5. The Morgan fingerprint density at radius 1 is 0.444 bits per heavy atom. The minimum Gasteiger partial charge on any atom is -0.457 e. The minimum absolute atomic E-state index is 0.696. The van der Waals surface area contributed by atoms with Crippen LogP contribution in [0.2, 0.25) is 0 Å². The van der Waals surface area contributed by atoms with Gasteiger partial charge >= 0.3 is 0 Å². The van der Waals surface area contributed by atoms with Crippen LogP contribution in [0.3, 0.4) is 0 Å². The number of hydrogen-bond donors (Lipinski definition) is 0. The second-order valence-electron chi connectivity index (χ2n) is 8.05. The van der Waals surface area contributed by atoms with Gasteiger partial charge in [0.1, 0.15) is 23.0 Å². The van der Waals surface area contributed by atoms with Crippen molar-refractivity contribution in [3.63, 3.8) is 0 Å². The van der Waals surface area contributed by atoms with E-state index in [1.165, 1.54) is 0 Å². The Bertz CT molecular complexity index is 1420. The van der Waals surface area contributed by atoms with Crippen LogP contribution in [0.25, 0.3) is 0 Å². The van der Waals surface area contributed by atoms with Crippen LogP contribution in [0.1, 0.15) is 0 Å². The van der Waals surface area contributed by atoms with Crippen LogP contribution >= 0.6 is 52.3 Å². The number of ether oxygens (including phenoxy) is 2. The maximum absolute atomic E-state index is 14.8. The van der Waals surface area contributed by atoms with Crippen molar-refractivity contribution in [3.8, 4) is 23.0 Å². The van der Waals surface area contributed by atoms with E-state index in [0.29, 0.717) is 11.5 Å². The van der Waals surface area contributed by atoms with Gasteiger partial charge in [-0.1, -0.05) is 42.5 Å². The molecule has 0 radical (unpaired) electrons. The van der Waals surface area contributed by atoms with Crippen LogP contribution in [-0.4, -0.2) is 0 Å². The quantitative estimate of drug-likeness (QED) is 0.126. The molecule has 3 nitrogen and oxygen atoms in total. The molecule has 0 amide bonds. The molecule has 36 heavy (non-hydrogen) atoms. The van der Waals surface area contributed by atoms with Crippen molar-refractivity contribution in [1.82, 2.24) is 0 Å². The van der Waals surface area contributed by atoms with Gasteiger partial charge in [-0.25, -0.2) is 0 Å². The van der Waals surface area contributed by atoms with Crippen molar-refractivity contribution < 1.29 is 14.0 Å². The Morgan fingerprint density at radius 3 is 1.28 bits per heavy atom. The van der Waals surface area contributed by atoms with E-state index in [2.05, 4.69) is 45.2 Å². The highest BCUT2D eigenvalue weighted by molar-refractivity contribution is 14.1. The van der Waals surface area contributed by atoms with Gasteiger partial charge in [-0.15, -0.1) is 0 Å². The molecule has 0 aliphatic rings. The fourth-order valence-electron chi connectivity index (χ4n) is 3.87. The molecule has 0 aromatic heterocycles. The minimum atomic E-state index is -3.11. The molecule has 0 N–H and O–H groups in total. The lowest BCUT2D eigenvalue weighted by Crippen LogP contribution is -2.24. The Morgan fingerprint density at radius 2 is 0.861 bits per heavy atom. The molecular weight excluding hydrogens is 693 g/mol. The van der Waals surface area contributed by atoms with Gasteiger partial charge < -0.3 is 14.0 Å². The van der Waals surface area contributed by atoms with Gasteiger partial charge in [-0.05, 0) is 130 Å². The molecule has 0 aliphatic heterocycles. The van der Waals surface area contributed by atoms with Crippen molar-refractivity contribution >= 4 is 68.2 Å². The van der Waals surface area contributed by atoms with Crippen molar-refractivity contribution in [2.45, 2.75) is 0 Å². The SMILES string of the molecule is O=P(c1ccccc1)(c1ccc(Oc2cccc(I)c2)cc1)c1ccc(Oc2cccc(I)c2)cc1.